The first-order chi connectivity index (χ1) is 14.9. The average Bonchev–Trinajstić information content (AvgIpc) is 3.14. The summed E-state index contributed by atoms with van der Waals surface area (Å²) in [5.74, 6) is -1.33. The van der Waals surface area contributed by atoms with E-state index in [1.54, 1.807) is 19.1 Å². The number of ether oxygens (including phenoxy) is 2. The molecule has 2 fully saturated rings. The Balaban J connectivity index is 1.62. The van der Waals surface area contributed by atoms with E-state index >= 15 is 0 Å². The molecule has 0 saturated carbocycles. The summed E-state index contributed by atoms with van der Waals surface area (Å²) in [5.41, 5.74) is 2.01. The third kappa shape index (κ3) is 2.70. The molecule has 1 aromatic carbocycles. The van der Waals surface area contributed by atoms with Crippen molar-refractivity contribution < 1.29 is 29.0 Å². The smallest absolute Gasteiger partial charge is 0.338 e. The predicted molar refractivity (Wildman–Crippen MR) is 109 cm³/mol. The zero-order valence-corrected chi connectivity index (χ0v) is 17.5. The lowest BCUT2D eigenvalue weighted by atomic mass is 9.69. The number of pyridine rings is 1. The van der Waals surface area contributed by atoms with Gasteiger partial charge in [-0.05, 0) is 48.6 Å². The number of piperidine rings is 1. The van der Waals surface area contributed by atoms with Gasteiger partial charge in [0.25, 0.3) is 6.47 Å². The molecular weight excluding hydrogens is 400 g/mol. The molecule has 1 aromatic heterocycles. The van der Waals surface area contributed by atoms with Gasteiger partial charge in [-0.25, -0.2) is 4.79 Å². The minimum Gasteiger partial charge on any atom is -0.463 e. The second kappa shape index (κ2) is 7.02. The Labute approximate surface area is 179 Å². The molecule has 2 saturated heterocycles. The quantitative estimate of drug-likeness (QED) is 0.591. The van der Waals surface area contributed by atoms with Gasteiger partial charge in [0, 0.05) is 17.8 Å². The summed E-state index contributed by atoms with van der Waals surface area (Å²) in [6.45, 7) is 4.62. The van der Waals surface area contributed by atoms with Crippen LogP contribution >= 0.6 is 0 Å². The molecule has 4 unspecified atom stereocenters. The number of amides is 1. The number of fused-ring (bicyclic) bond motifs is 5. The minimum atomic E-state index is -1.65. The average molecular weight is 424 g/mol. The molecule has 8 heteroatoms. The highest BCUT2D eigenvalue weighted by Gasteiger charge is 2.59. The molecule has 3 aliphatic heterocycles. The van der Waals surface area contributed by atoms with Crippen LogP contribution in [-0.2, 0) is 32.1 Å². The van der Waals surface area contributed by atoms with Crippen molar-refractivity contribution in [2.45, 2.75) is 51.3 Å². The van der Waals surface area contributed by atoms with Crippen molar-refractivity contribution in [2.75, 3.05) is 6.61 Å². The van der Waals surface area contributed by atoms with Crippen LogP contribution in [-0.4, -0.2) is 45.5 Å². The molecule has 1 N–H and O–H groups in total. The van der Waals surface area contributed by atoms with E-state index in [1.807, 2.05) is 17.9 Å². The van der Waals surface area contributed by atoms with E-state index in [1.165, 1.54) is 0 Å². The Morgan fingerprint density at radius 1 is 1.35 bits per heavy atom. The molecule has 31 heavy (non-hydrogen) atoms. The maximum absolute atomic E-state index is 13.4. The summed E-state index contributed by atoms with van der Waals surface area (Å²) in [6.07, 6.45) is 1.40. The first kappa shape index (κ1) is 19.9. The lowest BCUT2D eigenvalue weighted by Gasteiger charge is -2.48. The second-order valence-corrected chi connectivity index (χ2v) is 8.51. The molecular formula is C23H24N2O6. The largest absolute Gasteiger partial charge is 0.463 e. The molecule has 5 rings (SSSR count). The standard InChI is InChI=1S/C23H24N2O6/c1-3-13-14-7-12(31-11-26)5-6-18(14)24-20-15(13)9-25-19(20)8-17-16(21(25)27)10-30-22(28)23(17,29)4-2/h5-7,11,16-17,19,29H,3-4,8-10H2,1-2H3. The van der Waals surface area contributed by atoms with Crippen LogP contribution in [0.4, 0.5) is 0 Å². The minimum absolute atomic E-state index is 0.00659. The number of nitrogens with zero attached hydrogens (tertiary/aromatic N) is 2. The highest BCUT2D eigenvalue weighted by molar-refractivity contribution is 5.89. The summed E-state index contributed by atoms with van der Waals surface area (Å²) in [5, 5.41) is 12.0. The summed E-state index contributed by atoms with van der Waals surface area (Å²) >= 11 is 0. The normalized spacial score (nSPS) is 29.3. The number of carbonyl (C=O) groups is 3. The summed E-state index contributed by atoms with van der Waals surface area (Å²) < 4.78 is 10.2. The number of aromatic nitrogens is 1. The Bertz CT molecular complexity index is 1110. The highest BCUT2D eigenvalue weighted by Crippen LogP contribution is 2.51. The third-order valence-electron chi connectivity index (χ3n) is 7.23. The van der Waals surface area contributed by atoms with Crippen LogP contribution in [0.5, 0.6) is 5.75 Å². The van der Waals surface area contributed by atoms with E-state index in [9.17, 15) is 19.5 Å². The van der Waals surface area contributed by atoms with E-state index < -0.39 is 23.4 Å². The molecule has 3 aliphatic rings. The predicted octanol–water partition coefficient (Wildman–Crippen LogP) is 2.05. The van der Waals surface area contributed by atoms with Gasteiger partial charge in [-0.3, -0.25) is 14.6 Å². The molecule has 4 atom stereocenters. The molecule has 2 aromatic rings. The van der Waals surface area contributed by atoms with Crippen molar-refractivity contribution >= 4 is 29.3 Å². The number of aryl methyl sites for hydroxylation is 1. The van der Waals surface area contributed by atoms with Crippen LogP contribution in [0.15, 0.2) is 18.2 Å². The Morgan fingerprint density at radius 3 is 2.87 bits per heavy atom. The van der Waals surface area contributed by atoms with Crippen molar-refractivity contribution in [3.8, 4) is 5.75 Å². The fraction of sp³-hybridized carbons (Fsp3) is 0.478. The molecule has 0 aliphatic carbocycles. The van der Waals surface area contributed by atoms with Crippen molar-refractivity contribution in [3.63, 3.8) is 0 Å². The Kier molecular flexibility index (Phi) is 4.51. The Hall–Kier alpha value is -3.00. The number of cyclic esters (lactones) is 1. The van der Waals surface area contributed by atoms with E-state index in [0.717, 1.165) is 34.1 Å². The molecule has 4 heterocycles. The topological polar surface area (TPSA) is 106 Å². The SMILES string of the molecule is CCc1c2c(nc3ccc(OC=O)cc13)C1CC3C(COC(=O)C3(O)CC)C(=O)N1C2. The maximum atomic E-state index is 13.4. The van der Waals surface area contributed by atoms with Gasteiger partial charge in [0.1, 0.15) is 12.4 Å². The molecule has 0 spiro atoms. The van der Waals surface area contributed by atoms with Crippen molar-refractivity contribution in [1.29, 1.82) is 0 Å². The molecule has 8 nitrogen and oxygen atoms in total. The van der Waals surface area contributed by atoms with Crippen LogP contribution in [0.3, 0.4) is 0 Å². The number of benzene rings is 1. The molecule has 162 valence electrons. The zero-order chi connectivity index (χ0) is 21.9. The fourth-order valence-corrected chi connectivity index (χ4v) is 5.61. The monoisotopic (exact) mass is 424 g/mol. The highest BCUT2D eigenvalue weighted by atomic mass is 16.6. The molecule has 0 radical (unpaired) electrons. The van der Waals surface area contributed by atoms with Crippen LogP contribution in [0, 0.1) is 11.8 Å². The van der Waals surface area contributed by atoms with Crippen LogP contribution in [0.25, 0.3) is 10.9 Å². The van der Waals surface area contributed by atoms with Gasteiger partial charge in [0.05, 0.1) is 23.2 Å². The van der Waals surface area contributed by atoms with Gasteiger partial charge in [0.2, 0.25) is 5.91 Å². The number of esters is 1. The Morgan fingerprint density at radius 2 is 2.16 bits per heavy atom. The lowest BCUT2D eigenvalue weighted by molar-refractivity contribution is -0.202. The number of rotatable bonds is 4. The summed E-state index contributed by atoms with van der Waals surface area (Å²) in [6, 6.07) is 5.02. The van der Waals surface area contributed by atoms with E-state index in [2.05, 4.69) is 0 Å². The van der Waals surface area contributed by atoms with Gasteiger partial charge in [-0.2, -0.15) is 0 Å². The summed E-state index contributed by atoms with van der Waals surface area (Å²) in [4.78, 5) is 43.2. The van der Waals surface area contributed by atoms with Gasteiger partial charge in [0.15, 0.2) is 5.60 Å². The van der Waals surface area contributed by atoms with E-state index in [4.69, 9.17) is 14.5 Å². The maximum Gasteiger partial charge on any atom is 0.338 e. The van der Waals surface area contributed by atoms with Crippen molar-refractivity contribution in [1.82, 2.24) is 9.88 Å². The first-order valence-corrected chi connectivity index (χ1v) is 10.7. The van der Waals surface area contributed by atoms with Crippen LogP contribution < -0.4 is 4.74 Å². The van der Waals surface area contributed by atoms with E-state index in [-0.39, 0.29) is 25.0 Å². The fourth-order valence-electron chi connectivity index (χ4n) is 5.61. The van der Waals surface area contributed by atoms with Crippen molar-refractivity contribution in [3.05, 3.63) is 35.0 Å². The van der Waals surface area contributed by atoms with E-state index in [0.29, 0.717) is 25.2 Å². The molecule has 0 bridgehead atoms. The number of hydrogen-bond donors (Lipinski definition) is 1. The lowest BCUT2D eigenvalue weighted by Crippen LogP contribution is -2.61. The van der Waals surface area contributed by atoms with Crippen LogP contribution in [0.2, 0.25) is 0 Å². The number of aliphatic hydroxyl groups is 1. The van der Waals surface area contributed by atoms with Crippen molar-refractivity contribution in [2.24, 2.45) is 11.8 Å². The first-order valence-electron chi connectivity index (χ1n) is 10.7. The van der Waals surface area contributed by atoms with Crippen LogP contribution in [0.1, 0.15) is 49.6 Å². The van der Waals surface area contributed by atoms with Gasteiger partial charge in [-0.1, -0.05) is 13.8 Å². The second-order valence-electron chi connectivity index (χ2n) is 8.51. The molecule has 1 amide bonds. The third-order valence-corrected chi connectivity index (χ3v) is 7.23. The number of hydrogen-bond acceptors (Lipinski definition) is 7. The van der Waals surface area contributed by atoms with Gasteiger partial charge in [-0.15, -0.1) is 0 Å². The van der Waals surface area contributed by atoms with Gasteiger partial charge >= 0.3 is 5.97 Å². The number of carbonyl (C=O) groups excluding carboxylic acids is 3. The summed E-state index contributed by atoms with van der Waals surface area (Å²) in [7, 11) is 0. The zero-order valence-electron chi connectivity index (χ0n) is 17.5. The van der Waals surface area contributed by atoms with Gasteiger partial charge < -0.3 is 19.5 Å².